The van der Waals surface area contributed by atoms with E-state index in [0.717, 1.165) is 46.8 Å². The third kappa shape index (κ3) is 9.40. The normalized spacial score (nSPS) is 11.2. The fraction of sp³-hybridized carbons (Fsp3) is 0.379. The monoisotopic (exact) mass is 505 g/mol. The van der Waals surface area contributed by atoms with E-state index in [4.69, 9.17) is 14.5 Å². The van der Waals surface area contributed by atoms with Gasteiger partial charge < -0.3 is 30.5 Å². The molecule has 0 aliphatic carbocycles. The van der Waals surface area contributed by atoms with Crippen LogP contribution in [0.2, 0.25) is 0 Å². The van der Waals surface area contributed by atoms with Crippen LogP contribution in [0.4, 0.5) is 17.3 Å². The molecule has 3 rings (SSSR count). The summed E-state index contributed by atoms with van der Waals surface area (Å²) in [5, 5.41) is 19.6. The number of hydrogen-bond acceptors (Lipinski definition) is 8. The average Bonchev–Trinajstić information content (AvgIpc) is 2.87. The third-order valence-electron chi connectivity index (χ3n) is 5.24. The van der Waals surface area contributed by atoms with Crippen molar-refractivity contribution >= 4 is 17.3 Å². The van der Waals surface area contributed by atoms with Crippen molar-refractivity contribution in [2.24, 2.45) is 0 Å². The predicted molar refractivity (Wildman–Crippen MR) is 150 cm³/mol. The molecule has 198 valence electrons. The van der Waals surface area contributed by atoms with E-state index >= 15 is 0 Å². The lowest BCUT2D eigenvalue weighted by molar-refractivity contribution is 0.0410. The van der Waals surface area contributed by atoms with Crippen molar-refractivity contribution in [3.8, 4) is 11.3 Å². The number of hydrogen-bond donors (Lipinski definition) is 4. The van der Waals surface area contributed by atoms with Crippen molar-refractivity contribution in [3.05, 3.63) is 78.3 Å². The van der Waals surface area contributed by atoms with Crippen LogP contribution in [0.25, 0.3) is 11.3 Å². The summed E-state index contributed by atoms with van der Waals surface area (Å²) in [4.78, 5) is 9.07. The number of nitrogens with zero attached hydrogens (tertiary/aromatic N) is 2. The van der Waals surface area contributed by atoms with Gasteiger partial charge in [-0.2, -0.15) is 0 Å². The second-order valence-electron chi connectivity index (χ2n) is 9.65. The first-order valence-electron chi connectivity index (χ1n) is 12.6. The molecule has 1 heterocycles. The van der Waals surface area contributed by atoms with E-state index in [9.17, 15) is 5.11 Å². The molecule has 8 nitrogen and oxygen atoms in total. The van der Waals surface area contributed by atoms with Gasteiger partial charge in [0.2, 0.25) is 5.95 Å². The van der Waals surface area contributed by atoms with E-state index in [1.54, 1.807) is 6.20 Å². The molecule has 0 spiro atoms. The lowest BCUT2D eigenvalue weighted by Gasteiger charge is -2.23. The van der Waals surface area contributed by atoms with E-state index in [1.807, 2.05) is 63.2 Å². The Morgan fingerprint density at radius 1 is 1.08 bits per heavy atom. The fourth-order valence-electron chi connectivity index (χ4n) is 3.63. The number of aromatic nitrogens is 2. The molecule has 0 aliphatic heterocycles. The van der Waals surface area contributed by atoms with Gasteiger partial charge in [0.1, 0.15) is 5.60 Å². The summed E-state index contributed by atoms with van der Waals surface area (Å²) in [5.41, 5.74) is 5.03. The molecule has 2 aromatic carbocycles. The molecule has 0 bridgehead atoms. The Morgan fingerprint density at radius 2 is 1.92 bits per heavy atom. The number of anilines is 3. The van der Waals surface area contributed by atoms with Gasteiger partial charge in [-0.15, -0.1) is 0 Å². The Hall–Kier alpha value is -3.62. The summed E-state index contributed by atoms with van der Waals surface area (Å²) >= 11 is 0. The molecule has 0 saturated carbocycles. The van der Waals surface area contributed by atoms with Crippen molar-refractivity contribution < 1.29 is 14.6 Å². The first-order valence-corrected chi connectivity index (χ1v) is 12.6. The Morgan fingerprint density at radius 3 is 2.68 bits per heavy atom. The summed E-state index contributed by atoms with van der Waals surface area (Å²) in [6.07, 6.45) is 2.73. The summed E-state index contributed by atoms with van der Waals surface area (Å²) in [6.45, 7) is 14.6. The molecule has 0 amide bonds. The van der Waals surface area contributed by atoms with Gasteiger partial charge in [0.25, 0.3) is 0 Å². The van der Waals surface area contributed by atoms with Gasteiger partial charge in [-0.05, 0) is 69.7 Å². The molecule has 0 atom stereocenters. The zero-order valence-electron chi connectivity index (χ0n) is 22.3. The summed E-state index contributed by atoms with van der Waals surface area (Å²) in [7, 11) is 0. The lowest BCUT2D eigenvalue weighted by atomic mass is 10.1. The van der Waals surface area contributed by atoms with Crippen molar-refractivity contribution in [2.45, 2.75) is 52.9 Å². The molecule has 8 heteroatoms. The van der Waals surface area contributed by atoms with Crippen molar-refractivity contribution in [2.75, 3.05) is 30.4 Å². The van der Waals surface area contributed by atoms with Gasteiger partial charge in [-0.25, -0.2) is 9.97 Å². The summed E-state index contributed by atoms with van der Waals surface area (Å²) in [5.74, 6) is 1.02. The van der Waals surface area contributed by atoms with Gasteiger partial charge in [-0.3, -0.25) is 0 Å². The second-order valence-corrected chi connectivity index (χ2v) is 9.65. The van der Waals surface area contributed by atoms with E-state index < -0.39 is 0 Å². The molecule has 37 heavy (non-hydrogen) atoms. The van der Waals surface area contributed by atoms with E-state index in [-0.39, 0.29) is 12.2 Å². The Balaban J connectivity index is 1.65. The smallest absolute Gasteiger partial charge is 0.227 e. The van der Waals surface area contributed by atoms with Gasteiger partial charge in [-0.1, -0.05) is 25.1 Å². The highest BCUT2D eigenvalue weighted by molar-refractivity contribution is 5.65. The maximum Gasteiger partial charge on any atom is 0.227 e. The highest BCUT2D eigenvalue weighted by atomic mass is 16.5. The lowest BCUT2D eigenvalue weighted by Crippen LogP contribution is -2.25. The van der Waals surface area contributed by atoms with Crippen molar-refractivity contribution in [3.63, 3.8) is 0 Å². The number of ether oxygens (including phenoxy) is 2. The Labute approximate surface area is 220 Å². The summed E-state index contributed by atoms with van der Waals surface area (Å²) in [6, 6.07) is 15.8. The molecule has 3 aromatic rings. The van der Waals surface area contributed by atoms with Crippen molar-refractivity contribution in [1.82, 2.24) is 15.3 Å². The largest absolute Gasteiger partial charge is 0.474 e. The predicted octanol–water partition coefficient (Wildman–Crippen LogP) is 5.59. The molecular weight excluding hydrogens is 466 g/mol. The molecule has 1 aromatic heterocycles. The maximum absolute atomic E-state index is 9.85. The van der Waals surface area contributed by atoms with Crippen LogP contribution >= 0.6 is 0 Å². The number of aliphatic hydroxyl groups excluding tert-OH is 1. The number of aliphatic hydroxyl groups is 1. The van der Waals surface area contributed by atoms with Crippen LogP contribution in [0.5, 0.6) is 0 Å². The van der Waals surface area contributed by atoms with Gasteiger partial charge >= 0.3 is 0 Å². The Kier molecular flexibility index (Phi) is 10.3. The van der Waals surface area contributed by atoms with E-state index in [0.29, 0.717) is 31.5 Å². The minimum absolute atomic E-state index is 0.0807. The quantitative estimate of drug-likeness (QED) is 0.166. The van der Waals surface area contributed by atoms with Gasteiger partial charge in [0, 0.05) is 48.4 Å². The summed E-state index contributed by atoms with van der Waals surface area (Å²) < 4.78 is 11.3. The van der Waals surface area contributed by atoms with Crippen LogP contribution in [0.15, 0.2) is 67.2 Å². The standard InChI is InChI=1S/C29H39N5O3/c1-6-15-36-16-14-30-26-11-10-25(18-24(26)20-35)33-28-31-13-12-27(34-28)23-9-7-8-22(17-23)19-32-21(2)37-29(3,4)5/h7-13,17-18,30,32,35H,2,6,14-16,19-20H2,1,3-5H3,(H,31,33,34). The minimum Gasteiger partial charge on any atom is -0.474 e. The second kappa shape index (κ2) is 13.6. The molecule has 0 fully saturated rings. The molecule has 0 radical (unpaired) electrons. The van der Waals surface area contributed by atoms with E-state index in [2.05, 4.69) is 40.5 Å². The molecule has 4 N–H and O–H groups in total. The van der Waals surface area contributed by atoms with Crippen LogP contribution in [0.3, 0.4) is 0 Å². The maximum atomic E-state index is 9.85. The number of nitrogens with one attached hydrogen (secondary N) is 3. The zero-order valence-corrected chi connectivity index (χ0v) is 22.3. The van der Waals surface area contributed by atoms with Gasteiger partial charge in [0.05, 0.1) is 18.9 Å². The molecule has 0 aliphatic rings. The van der Waals surface area contributed by atoms with Crippen LogP contribution in [-0.4, -0.2) is 40.4 Å². The highest BCUT2D eigenvalue weighted by Crippen LogP contribution is 2.24. The van der Waals surface area contributed by atoms with E-state index in [1.165, 1.54) is 0 Å². The molecule has 0 saturated heterocycles. The third-order valence-corrected chi connectivity index (χ3v) is 5.24. The number of rotatable bonds is 14. The van der Waals surface area contributed by atoms with Crippen LogP contribution < -0.4 is 16.0 Å². The first kappa shape index (κ1) is 28.0. The topological polar surface area (TPSA) is 101 Å². The molecular formula is C29H39N5O3. The van der Waals surface area contributed by atoms with Crippen LogP contribution in [0.1, 0.15) is 45.2 Å². The van der Waals surface area contributed by atoms with Crippen molar-refractivity contribution in [1.29, 1.82) is 0 Å². The molecule has 0 unspecified atom stereocenters. The number of benzene rings is 2. The van der Waals surface area contributed by atoms with Crippen LogP contribution in [-0.2, 0) is 22.6 Å². The fourth-order valence-corrected chi connectivity index (χ4v) is 3.63. The zero-order chi connectivity index (χ0) is 26.7. The minimum atomic E-state index is -0.297. The average molecular weight is 506 g/mol. The Bertz CT molecular complexity index is 1160. The highest BCUT2D eigenvalue weighted by Gasteiger charge is 2.12. The van der Waals surface area contributed by atoms with Crippen LogP contribution in [0, 0.1) is 0 Å². The SMILES string of the molecule is C=C(NCc1cccc(-c2ccnc(Nc3ccc(NCCOCCC)c(CO)c3)n2)c1)OC(C)(C)C. The van der Waals surface area contributed by atoms with Gasteiger partial charge in [0.15, 0.2) is 5.88 Å². The first-order chi connectivity index (χ1) is 17.8.